The molecule has 7 heteroatoms. The van der Waals surface area contributed by atoms with Gasteiger partial charge in [0.15, 0.2) is 0 Å². The first-order valence-electron chi connectivity index (χ1n) is 5.09. The average Bonchev–Trinajstić information content (AvgIpc) is 2.33. The molecule has 5 nitrogen and oxygen atoms in total. The van der Waals surface area contributed by atoms with Crippen LogP contribution in [0.2, 0.25) is 0 Å². The van der Waals surface area contributed by atoms with E-state index in [1.807, 2.05) is 0 Å². The van der Waals surface area contributed by atoms with Gasteiger partial charge in [0.2, 0.25) is 0 Å². The van der Waals surface area contributed by atoms with Gasteiger partial charge in [-0.2, -0.15) is 8.42 Å². The Morgan fingerprint density at radius 3 is 2.78 bits per heavy atom. The quantitative estimate of drug-likeness (QED) is 0.696. The van der Waals surface area contributed by atoms with E-state index in [2.05, 4.69) is 21.3 Å². The van der Waals surface area contributed by atoms with Crippen molar-refractivity contribution in [3.05, 3.63) is 29.6 Å². The van der Waals surface area contributed by atoms with Crippen molar-refractivity contribution >= 4 is 15.9 Å². The Balaban J connectivity index is 3.09. The lowest BCUT2D eigenvalue weighted by molar-refractivity contribution is 0.305. The number of halogens is 1. The van der Waals surface area contributed by atoms with Crippen molar-refractivity contribution in [3.63, 3.8) is 0 Å². The molecule has 0 saturated heterocycles. The zero-order valence-electron chi connectivity index (χ0n) is 9.70. The molecule has 0 aliphatic rings. The number of benzene rings is 1. The molecular formula is C11H13FN2O3S. The van der Waals surface area contributed by atoms with Gasteiger partial charge in [0.25, 0.3) is 10.2 Å². The molecule has 0 aliphatic heterocycles. The maximum Gasteiger partial charge on any atom is 0.298 e. The van der Waals surface area contributed by atoms with Crippen molar-refractivity contribution in [2.24, 2.45) is 0 Å². The number of hydrogen-bond donors (Lipinski definition) is 3. The lowest BCUT2D eigenvalue weighted by atomic mass is 10.2. The zero-order chi connectivity index (χ0) is 13.6. The van der Waals surface area contributed by atoms with Crippen LogP contribution in [0.5, 0.6) is 0 Å². The number of anilines is 1. The van der Waals surface area contributed by atoms with Gasteiger partial charge < -0.3 is 5.11 Å². The van der Waals surface area contributed by atoms with E-state index in [0.717, 1.165) is 12.1 Å². The summed E-state index contributed by atoms with van der Waals surface area (Å²) >= 11 is 0. The number of nitrogens with one attached hydrogen (secondary N) is 2. The van der Waals surface area contributed by atoms with Crippen LogP contribution < -0.4 is 9.44 Å². The van der Waals surface area contributed by atoms with Gasteiger partial charge in [0, 0.05) is 13.5 Å². The van der Waals surface area contributed by atoms with E-state index in [4.69, 9.17) is 5.11 Å². The molecule has 98 valence electrons. The van der Waals surface area contributed by atoms with Gasteiger partial charge in [-0.1, -0.05) is 11.8 Å². The minimum atomic E-state index is -3.68. The molecule has 1 aromatic carbocycles. The Kier molecular flexibility index (Phi) is 5.09. The molecule has 0 unspecified atom stereocenters. The smallest absolute Gasteiger partial charge is 0.298 e. The molecule has 18 heavy (non-hydrogen) atoms. The number of aliphatic hydroxyl groups is 1. The molecule has 0 bridgehead atoms. The van der Waals surface area contributed by atoms with Crippen molar-refractivity contribution in [2.75, 3.05) is 18.4 Å². The highest BCUT2D eigenvalue weighted by atomic mass is 32.2. The number of hydrogen-bond acceptors (Lipinski definition) is 3. The zero-order valence-corrected chi connectivity index (χ0v) is 10.5. The van der Waals surface area contributed by atoms with Gasteiger partial charge in [-0.25, -0.2) is 9.11 Å². The van der Waals surface area contributed by atoms with E-state index in [0.29, 0.717) is 0 Å². The van der Waals surface area contributed by atoms with Crippen molar-refractivity contribution < 1.29 is 17.9 Å². The fourth-order valence-corrected chi connectivity index (χ4v) is 1.69. The molecule has 3 N–H and O–H groups in total. The molecule has 0 aromatic heterocycles. The minimum Gasteiger partial charge on any atom is -0.395 e. The Bertz CT molecular complexity index is 576. The highest BCUT2D eigenvalue weighted by Gasteiger charge is 2.09. The van der Waals surface area contributed by atoms with Crippen LogP contribution in [0.15, 0.2) is 18.2 Å². The third kappa shape index (κ3) is 4.33. The van der Waals surface area contributed by atoms with Gasteiger partial charge in [0.05, 0.1) is 17.9 Å². The summed E-state index contributed by atoms with van der Waals surface area (Å²) in [6, 6.07) is 3.54. The van der Waals surface area contributed by atoms with E-state index < -0.39 is 16.0 Å². The molecule has 0 aliphatic carbocycles. The van der Waals surface area contributed by atoms with Crippen LogP contribution >= 0.6 is 0 Å². The van der Waals surface area contributed by atoms with E-state index in [1.165, 1.54) is 13.1 Å². The summed E-state index contributed by atoms with van der Waals surface area (Å²) in [6.45, 7) is -0.111. The normalized spacial score (nSPS) is 10.6. The van der Waals surface area contributed by atoms with Gasteiger partial charge in [-0.05, 0) is 18.2 Å². The lowest BCUT2D eigenvalue weighted by Crippen LogP contribution is -2.26. The minimum absolute atomic E-state index is 0.111. The maximum atomic E-state index is 13.1. The van der Waals surface area contributed by atoms with E-state index in [1.54, 1.807) is 0 Å². The second-order valence-corrected chi connectivity index (χ2v) is 4.89. The van der Waals surface area contributed by atoms with Crippen molar-refractivity contribution in [1.82, 2.24) is 4.72 Å². The molecule has 0 radical (unpaired) electrons. The van der Waals surface area contributed by atoms with Crippen LogP contribution in [0.1, 0.15) is 12.0 Å². The predicted octanol–water partition coefficient (Wildman–Crippen LogP) is 0.436. The molecule has 0 amide bonds. The lowest BCUT2D eigenvalue weighted by Gasteiger charge is -2.08. The molecule has 0 atom stereocenters. The Morgan fingerprint density at radius 2 is 2.17 bits per heavy atom. The first kappa shape index (κ1) is 14.4. The predicted molar refractivity (Wildman–Crippen MR) is 66.6 cm³/mol. The fraction of sp³-hybridized carbons (Fsp3) is 0.273. The van der Waals surface area contributed by atoms with Crippen LogP contribution in [0, 0.1) is 17.7 Å². The molecule has 0 saturated carbocycles. The van der Waals surface area contributed by atoms with Gasteiger partial charge >= 0.3 is 0 Å². The summed E-state index contributed by atoms with van der Waals surface area (Å²) in [7, 11) is -2.43. The van der Waals surface area contributed by atoms with Crippen LogP contribution in [0.25, 0.3) is 0 Å². The number of aliphatic hydroxyl groups excluding tert-OH is 1. The third-order valence-electron chi connectivity index (χ3n) is 1.95. The van der Waals surface area contributed by atoms with Crippen LogP contribution in [-0.2, 0) is 10.2 Å². The molecule has 0 fully saturated rings. The topological polar surface area (TPSA) is 78.4 Å². The first-order valence-corrected chi connectivity index (χ1v) is 6.57. The monoisotopic (exact) mass is 272 g/mol. The van der Waals surface area contributed by atoms with Gasteiger partial charge in [-0.15, -0.1) is 0 Å². The van der Waals surface area contributed by atoms with E-state index >= 15 is 0 Å². The maximum absolute atomic E-state index is 13.1. The second kappa shape index (κ2) is 6.35. The van der Waals surface area contributed by atoms with Gasteiger partial charge in [-0.3, -0.25) is 4.72 Å². The van der Waals surface area contributed by atoms with Crippen molar-refractivity contribution in [1.29, 1.82) is 0 Å². The Morgan fingerprint density at radius 1 is 1.44 bits per heavy atom. The summed E-state index contributed by atoms with van der Waals surface area (Å²) in [4.78, 5) is 0. The SMILES string of the molecule is CNS(=O)(=O)Nc1ccc(F)cc1C#CCCO. The summed E-state index contributed by atoms with van der Waals surface area (Å²) < 4.78 is 40.0. The molecule has 1 aromatic rings. The Hall–Kier alpha value is -1.62. The molecule has 0 spiro atoms. The summed E-state index contributed by atoms with van der Waals surface area (Å²) in [5, 5.41) is 8.59. The second-order valence-electron chi connectivity index (χ2n) is 3.27. The average molecular weight is 272 g/mol. The summed E-state index contributed by atoms with van der Waals surface area (Å²) in [5.41, 5.74) is 0.387. The van der Waals surface area contributed by atoms with Crippen molar-refractivity contribution in [3.8, 4) is 11.8 Å². The van der Waals surface area contributed by atoms with E-state index in [-0.39, 0.29) is 24.3 Å². The highest BCUT2D eigenvalue weighted by molar-refractivity contribution is 7.90. The molecule has 0 heterocycles. The van der Waals surface area contributed by atoms with Crippen LogP contribution in [0.4, 0.5) is 10.1 Å². The van der Waals surface area contributed by atoms with E-state index in [9.17, 15) is 12.8 Å². The largest absolute Gasteiger partial charge is 0.395 e. The standard InChI is InChI=1S/C11H13FN2O3S/c1-13-18(16,17)14-11-6-5-10(12)8-9(11)4-2-3-7-15/h5-6,8,13-15H,3,7H2,1H3. The summed E-state index contributed by atoms with van der Waals surface area (Å²) in [5.74, 6) is 4.68. The highest BCUT2D eigenvalue weighted by Crippen LogP contribution is 2.17. The van der Waals surface area contributed by atoms with Crippen LogP contribution in [0.3, 0.4) is 0 Å². The third-order valence-corrected chi connectivity index (χ3v) is 2.98. The van der Waals surface area contributed by atoms with Crippen molar-refractivity contribution in [2.45, 2.75) is 6.42 Å². The number of rotatable bonds is 4. The fourth-order valence-electron chi connectivity index (χ4n) is 1.12. The molecular weight excluding hydrogens is 259 g/mol. The van der Waals surface area contributed by atoms with Crippen LogP contribution in [-0.4, -0.2) is 27.2 Å². The van der Waals surface area contributed by atoms with Gasteiger partial charge in [0.1, 0.15) is 5.82 Å². The summed E-state index contributed by atoms with van der Waals surface area (Å²) in [6.07, 6.45) is 0.231. The first-order chi connectivity index (χ1) is 8.48. The Labute approximate surface area is 105 Å². The molecule has 1 rings (SSSR count).